The predicted octanol–water partition coefficient (Wildman–Crippen LogP) is 4.23. The topological polar surface area (TPSA) is 173 Å². The Morgan fingerprint density at radius 3 is 0.889 bits per heavy atom. The molecule has 0 aromatic heterocycles. The molecule has 3 atom stereocenters. The van der Waals surface area contributed by atoms with Gasteiger partial charge in [-0.1, -0.05) is 36.4 Å². The normalized spacial score (nSPS) is 12.5. The zero-order chi connectivity index (χ0) is 27.4. The highest BCUT2D eigenvalue weighted by atomic mass is 127. The molecule has 0 bridgehead atoms. The highest BCUT2D eigenvalue weighted by Gasteiger charge is 2.16. The zero-order valence-electron chi connectivity index (χ0n) is 18.2. The summed E-state index contributed by atoms with van der Waals surface area (Å²) in [4.78, 5) is 31.1. The van der Waals surface area contributed by atoms with Crippen LogP contribution in [0.4, 0.5) is 0 Å². The van der Waals surface area contributed by atoms with Crippen LogP contribution in [-0.4, -0.2) is 48.5 Å². The first-order valence-corrected chi connectivity index (χ1v) is 13.1. The molecule has 0 saturated heterocycles. The summed E-state index contributed by atoms with van der Waals surface area (Å²) in [5.74, 6) is -3.67. The van der Waals surface area contributed by atoms with Gasteiger partial charge in [0.1, 0.15) is 0 Å². The first kappa shape index (κ1) is 32.2. The lowest BCUT2D eigenvalue weighted by molar-refractivity contribution is -0.147. The molecule has 0 aliphatic rings. The van der Waals surface area contributed by atoms with Crippen LogP contribution in [0.25, 0.3) is 0 Å². The Hall–Kier alpha value is -1.86. The molecule has 0 fully saturated rings. The van der Waals surface area contributed by atoms with E-state index in [9.17, 15) is 14.4 Å². The summed E-state index contributed by atoms with van der Waals surface area (Å²) in [5, 5.41) is 52.8. The Morgan fingerprint density at radius 1 is 0.500 bits per heavy atom. The number of halogens is 3. The van der Waals surface area contributed by atoms with Crippen LogP contribution >= 0.6 is 67.8 Å². The van der Waals surface area contributed by atoms with Crippen molar-refractivity contribution < 1.29 is 45.0 Å². The third-order valence-corrected chi connectivity index (χ3v) is 6.21. The fourth-order valence-corrected chi connectivity index (χ4v) is 4.16. The van der Waals surface area contributed by atoms with Crippen molar-refractivity contribution in [2.24, 2.45) is 0 Å². The Labute approximate surface area is 247 Å². The van der Waals surface area contributed by atoms with Crippen LogP contribution in [0.2, 0.25) is 0 Å². The number of carboxylic acids is 3. The molecule has 0 spiro atoms. The summed E-state index contributed by atoms with van der Waals surface area (Å²) in [6.45, 7) is 0. The van der Waals surface area contributed by atoms with Gasteiger partial charge in [-0.2, -0.15) is 0 Å². The molecule has 0 heterocycles. The lowest BCUT2D eigenvalue weighted by Gasteiger charge is -2.04. The number of rotatable bonds is 6. The Morgan fingerprint density at radius 2 is 0.722 bits per heavy atom. The highest BCUT2D eigenvalue weighted by Crippen LogP contribution is 2.17. The zero-order valence-corrected chi connectivity index (χ0v) is 24.7. The van der Waals surface area contributed by atoms with Gasteiger partial charge in [0, 0.05) is 10.7 Å². The van der Waals surface area contributed by atoms with Crippen molar-refractivity contribution in [3.8, 4) is 0 Å². The van der Waals surface area contributed by atoms with Crippen LogP contribution in [0.3, 0.4) is 0 Å². The van der Waals surface area contributed by atoms with Gasteiger partial charge in [0.25, 0.3) is 0 Å². The lowest BCUT2D eigenvalue weighted by atomic mass is 10.1. The summed E-state index contributed by atoms with van der Waals surface area (Å²) in [6, 6.07) is 20.3. The third kappa shape index (κ3) is 11.5. The van der Waals surface area contributed by atoms with E-state index >= 15 is 0 Å². The lowest BCUT2D eigenvalue weighted by Crippen LogP contribution is -2.10. The molecule has 9 nitrogen and oxygen atoms in total. The molecule has 36 heavy (non-hydrogen) atoms. The van der Waals surface area contributed by atoms with E-state index in [1.165, 1.54) is 0 Å². The van der Waals surface area contributed by atoms with Gasteiger partial charge in [-0.3, -0.25) is 0 Å². The molecular formula is C24H21I3O9. The van der Waals surface area contributed by atoms with Gasteiger partial charge in [-0.25, -0.2) is 14.4 Å². The summed E-state index contributed by atoms with van der Waals surface area (Å²) >= 11 is 6.17. The van der Waals surface area contributed by atoms with E-state index in [-0.39, 0.29) is 0 Å². The Balaban J connectivity index is 0.000000270. The monoisotopic (exact) mass is 834 g/mol. The van der Waals surface area contributed by atoms with Gasteiger partial charge >= 0.3 is 17.9 Å². The fourth-order valence-electron chi connectivity index (χ4n) is 2.46. The van der Waals surface area contributed by atoms with Gasteiger partial charge < -0.3 is 30.6 Å². The summed E-state index contributed by atoms with van der Waals surface area (Å²) in [7, 11) is 0. The van der Waals surface area contributed by atoms with Crippen LogP contribution < -0.4 is 0 Å². The minimum absolute atomic E-state index is 0.411. The van der Waals surface area contributed by atoms with Crippen molar-refractivity contribution in [3.63, 3.8) is 0 Å². The van der Waals surface area contributed by atoms with Gasteiger partial charge in [-0.05, 0) is 121 Å². The molecule has 0 unspecified atom stereocenters. The molecule has 3 aromatic rings. The number of hydrogen-bond donors (Lipinski definition) is 6. The largest absolute Gasteiger partial charge is 0.479 e. The maximum Gasteiger partial charge on any atom is 0.337 e. The van der Waals surface area contributed by atoms with Gasteiger partial charge in [-0.15, -0.1) is 0 Å². The summed E-state index contributed by atoms with van der Waals surface area (Å²) in [5.41, 5.74) is 1.23. The second-order valence-corrected chi connectivity index (χ2v) is 10.6. The standard InChI is InChI=1S/3C8H7IO3/c3*9-6-3-1-2-5(4-6)7(10)8(11)12/h3*1-4,7,10H,(H,11,12)/t3*7-/m100/s1. The van der Waals surface area contributed by atoms with Crippen molar-refractivity contribution in [2.75, 3.05) is 0 Å². The molecule has 3 aromatic carbocycles. The van der Waals surface area contributed by atoms with Gasteiger partial charge in [0.05, 0.1) is 0 Å². The number of aliphatic hydroxyl groups excluding tert-OH is 3. The van der Waals surface area contributed by atoms with Crippen molar-refractivity contribution >= 4 is 85.7 Å². The van der Waals surface area contributed by atoms with Crippen LogP contribution in [0.15, 0.2) is 72.8 Å². The second kappa shape index (κ2) is 16.1. The molecule has 6 N–H and O–H groups in total. The number of hydrogen-bond acceptors (Lipinski definition) is 6. The average molecular weight is 834 g/mol. The maximum absolute atomic E-state index is 10.4. The molecule has 0 amide bonds. The van der Waals surface area contributed by atoms with E-state index in [1.54, 1.807) is 54.6 Å². The van der Waals surface area contributed by atoms with E-state index in [0.717, 1.165) is 10.7 Å². The predicted molar refractivity (Wildman–Crippen MR) is 155 cm³/mol. The highest BCUT2D eigenvalue weighted by molar-refractivity contribution is 14.1. The van der Waals surface area contributed by atoms with E-state index in [4.69, 9.17) is 30.6 Å². The third-order valence-electron chi connectivity index (χ3n) is 4.19. The Bertz CT molecular complexity index is 1040. The molecule has 3 rings (SSSR count). The first-order valence-electron chi connectivity index (χ1n) is 9.82. The number of carbonyl (C=O) groups is 3. The Kier molecular flexibility index (Phi) is 14.4. The molecule has 0 aliphatic carbocycles. The summed E-state index contributed by atoms with van der Waals surface area (Å²) < 4.78 is 2.72. The van der Waals surface area contributed by atoms with Crippen LogP contribution in [0.1, 0.15) is 35.0 Å². The molecule has 0 aliphatic heterocycles. The fraction of sp³-hybridized carbons (Fsp3) is 0.125. The molecule has 0 radical (unpaired) electrons. The molecule has 12 heteroatoms. The number of aliphatic carboxylic acids is 3. The second-order valence-electron chi connectivity index (χ2n) is 6.89. The number of carboxylic acid groups (broad SMARTS) is 3. The first-order chi connectivity index (χ1) is 16.8. The number of aliphatic hydroxyl groups is 3. The maximum atomic E-state index is 10.4. The number of benzene rings is 3. The van der Waals surface area contributed by atoms with Crippen LogP contribution in [0, 0.1) is 10.7 Å². The summed E-state index contributed by atoms with van der Waals surface area (Å²) in [6.07, 6.45) is -4.25. The van der Waals surface area contributed by atoms with E-state index in [2.05, 4.69) is 67.8 Å². The van der Waals surface area contributed by atoms with Gasteiger partial charge in [0.15, 0.2) is 18.3 Å². The van der Waals surface area contributed by atoms with E-state index in [1.807, 2.05) is 18.2 Å². The quantitative estimate of drug-likeness (QED) is 0.199. The molecule has 192 valence electrons. The van der Waals surface area contributed by atoms with Crippen LogP contribution in [-0.2, 0) is 14.4 Å². The minimum atomic E-state index is -1.42. The van der Waals surface area contributed by atoms with Gasteiger partial charge in [0.2, 0.25) is 0 Å². The average Bonchev–Trinajstić information content (AvgIpc) is 2.83. The van der Waals surface area contributed by atoms with Crippen molar-refractivity contribution in [3.05, 3.63) is 100 Å². The van der Waals surface area contributed by atoms with E-state index in [0.29, 0.717) is 16.7 Å². The molecular weight excluding hydrogens is 813 g/mol. The van der Waals surface area contributed by atoms with Crippen molar-refractivity contribution in [1.82, 2.24) is 0 Å². The SMILES string of the molecule is O=C(O)[C@@H](O)c1cccc(I)c1.O=C(O)[C@@H](O)c1cccc(I)c1.O=C(O)[C@H](O)c1cccc(I)c1. The van der Waals surface area contributed by atoms with Crippen molar-refractivity contribution in [2.45, 2.75) is 18.3 Å². The minimum Gasteiger partial charge on any atom is -0.479 e. The van der Waals surface area contributed by atoms with Crippen LogP contribution in [0.5, 0.6) is 0 Å². The van der Waals surface area contributed by atoms with E-state index < -0.39 is 36.2 Å². The smallest absolute Gasteiger partial charge is 0.337 e. The van der Waals surface area contributed by atoms with Crippen molar-refractivity contribution in [1.29, 1.82) is 0 Å². The molecule has 0 saturated carbocycles.